The highest BCUT2D eigenvalue weighted by Crippen LogP contribution is 2.42. The lowest BCUT2D eigenvalue weighted by Gasteiger charge is -2.35. The Kier molecular flexibility index (Phi) is 7.81. The zero-order chi connectivity index (χ0) is 25.3. The van der Waals surface area contributed by atoms with Crippen LogP contribution < -0.4 is 0 Å². The minimum absolute atomic E-state index is 0.128. The van der Waals surface area contributed by atoms with Crippen LogP contribution in [0.15, 0.2) is 62.1 Å². The van der Waals surface area contributed by atoms with E-state index in [2.05, 4.69) is 56.9 Å². The summed E-state index contributed by atoms with van der Waals surface area (Å²) in [4.78, 5) is 16.1. The summed E-state index contributed by atoms with van der Waals surface area (Å²) in [6.45, 7) is 1.05. The SMILES string of the molecule is CC(c1nc(Cl)nc(Sc2ccccn2)c1F)C(O)(Cn1nc(Br)nc1Br)c1ccc(F)cc1F. The number of rotatable bonds is 7. The van der Waals surface area contributed by atoms with Crippen molar-refractivity contribution in [2.75, 3.05) is 0 Å². The lowest BCUT2D eigenvalue weighted by Crippen LogP contribution is -2.39. The Morgan fingerprint density at radius 1 is 1.14 bits per heavy atom. The molecule has 1 N–H and O–H groups in total. The first-order valence-corrected chi connectivity index (χ1v) is 12.6. The van der Waals surface area contributed by atoms with E-state index in [1.165, 1.54) is 17.8 Å². The van der Waals surface area contributed by atoms with E-state index in [1.807, 2.05) is 0 Å². The van der Waals surface area contributed by atoms with E-state index < -0.39 is 29.0 Å². The molecule has 4 rings (SSSR count). The lowest BCUT2D eigenvalue weighted by atomic mass is 9.79. The summed E-state index contributed by atoms with van der Waals surface area (Å²) < 4.78 is 45.9. The Bertz CT molecular complexity index is 1380. The van der Waals surface area contributed by atoms with Gasteiger partial charge >= 0.3 is 0 Å². The maximum atomic E-state index is 15.7. The number of aliphatic hydroxyl groups is 1. The molecule has 182 valence electrons. The molecule has 0 fully saturated rings. The summed E-state index contributed by atoms with van der Waals surface area (Å²) in [6, 6.07) is 7.81. The number of pyridine rings is 1. The molecular formula is C21H14Br2ClF3N6OS. The van der Waals surface area contributed by atoms with Crippen LogP contribution in [0.1, 0.15) is 24.1 Å². The Morgan fingerprint density at radius 2 is 1.91 bits per heavy atom. The van der Waals surface area contributed by atoms with Gasteiger partial charge in [0.1, 0.15) is 27.3 Å². The van der Waals surface area contributed by atoms with Gasteiger partial charge in [-0.3, -0.25) is 0 Å². The number of aromatic nitrogens is 6. The van der Waals surface area contributed by atoms with Gasteiger partial charge in [-0.05, 0) is 73.4 Å². The number of halogens is 6. The van der Waals surface area contributed by atoms with Gasteiger partial charge in [0.2, 0.25) is 10.0 Å². The van der Waals surface area contributed by atoms with Gasteiger partial charge in [-0.1, -0.05) is 19.1 Å². The average Bonchev–Trinajstić information content (AvgIpc) is 3.12. The van der Waals surface area contributed by atoms with Crippen LogP contribution in [-0.2, 0) is 12.1 Å². The van der Waals surface area contributed by atoms with Crippen molar-refractivity contribution in [3.05, 3.63) is 86.1 Å². The molecule has 0 saturated carbocycles. The molecule has 0 aliphatic heterocycles. The van der Waals surface area contributed by atoms with Crippen LogP contribution in [0.3, 0.4) is 0 Å². The Hall–Kier alpha value is -2.06. The number of hydrogen-bond donors (Lipinski definition) is 1. The highest BCUT2D eigenvalue weighted by Gasteiger charge is 2.43. The molecule has 2 atom stereocenters. The second-order valence-corrected chi connectivity index (χ2v) is 10.1. The molecule has 1 aromatic carbocycles. The second kappa shape index (κ2) is 10.5. The molecule has 7 nitrogen and oxygen atoms in total. The molecule has 0 radical (unpaired) electrons. The molecule has 0 bridgehead atoms. The molecule has 0 saturated heterocycles. The summed E-state index contributed by atoms with van der Waals surface area (Å²) in [6.07, 6.45) is 1.54. The third-order valence-corrected chi connectivity index (χ3v) is 7.18. The smallest absolute Gasteiger partial charge is 0.223 e. The molecule has 4 aromatic rings. The van der Waals surface area contributed by atoms with Gasteiger partial charge in [0, 0.05) is 23.7 Å². The van der Waals surface area contributed by atoms with Crippen molar-refractivity contribution in [2.45, 2.75) is 35.0 Å². The zero-order valence-electron chi connectivity index (χ0n) is 17.6. The highest BCUT2D eigenvalue weighted by molar-refractivity contribution is 9.11. The molecule has 0 aliphatic rings. The standard InChI is InChI=1S/C21H14Br2ClF3N6OS/c1-10(16-15(27)17(30-20(24)29-16)35-14-4-2-3-7-28-14)21(34,9-33-19(23)31-18(22)32-33)12-6-5-11(25)8-13(12)26/h2-8,10,34H,9H2,1H3. The van der Waals surface area contributed by atoms with E-state index >= 15 is 4.39 Å². The summed E-state index contributed by atoms with van der Waals surface area (Å²) in [5, 5.41) is 16.0. The van der Waals surface area contributed by atoms with Gasteiger partial charge in [-0.15, -0.1) is 5.10 Å². The maximum Gasteiger partial charge on any atom is 0.223 e. The third-order valence-electron chi connectivity index (χ3n) is 5.17. The Morgan fingerprint density at radius 3 is 2.54 bits per heavy atom. The van der Waals surface area contributed by atoms with Crippen molar-refractivity contribution in [3.8, 4) is 0 Å². The van der Waals surface area contributed by atoms with Crippen LogP contribution in [0.5, 0.6) is 0 Å². The van der Waals surface area contributed by atoms with Crippen LogP contribution in [-0.4, -0.2) is 34.8 Å². The molecular weight excluding hydrogens is 637 g/mol. The summed E-state index contributed by atoms with van der Waals surface area (Å²) >= 11 is 13.4. The first-order valence-electron chi connectivity index (χ1n) is 9.84. The Balaban J connectivity index is 1.84. The quantitative estimate of drug-likeness (QED) is 0.197. The summed E-state index contributed by atoms with van der Waals surface area (Å²) in [5.74, 6) is -3.94. The van der Waals surface area contributed by atoms with Crippen LogP contribution >= 0.6 is 55.2 Å². The Labute approximate surface area is 223 Å². The van der Waals surface area contributed by atoms with E-state index in [9.17, 15) is 13.9 Å². The van der Waals surface area contributed by atoms with Crippen molar-refractivity contribution in [1.29, 1.82) is 0 Å². The second-order valence-electron chi connectivity index (χ2n) is 7.34. The minimum Gasteiger partial charge on any atom is -0.382 e. The largest absolute Gasteiger partial charge is 0.382 e. The van der Waals surface area contributed by atoms with Crippen molar-refractivity contribution < 1.29 is 18.3 Å². The molecule has 3 heterocycles. The van der Waals surface area contributed by atoms with Crippen LogP contribution in [0, 0.1) is 17.5 Å². The fourth-order valence-electron chi connectivity index (χ4n) is 3.43. The van der Waals surface area contributed by atoms with E-state index in [1.54, 1.807) is 18.2 Å². The predicted octanol–water partition coefficient (Wildman–Crippen LogP) is 5.90. The predicted molar refractivity (Wildman–Crippen MR) is 129 cm³/mol. The number of nitrogens with zero attached hydrogens (tertiary/aromatic N) is 6. The summed E-state index contributed by atoms with van der Waals surface area (Å²) in [7, 11) is 0. The molecule has 35 heavy (non-hydrogen) atoms. The average molecular weight is 651 g/mol. The molecule has 0 spiro atoms. The topological polar surface area (TPSA) is 89.6 Å². The van der Waals surface area contributed by atoms with Crippen molar-refractivity contribution >= 4 is 55.2 Å². The lowest BCUT2D eigenvalue weighted by molar-refractivity contribution is -0.0142. The zero-order valence-corrected chi connectivity index (χ0v) is 22.4. The number of hydrogen-bond acceptors (Lipinski definition) is 7. The van der Waals surface area contributed by atoms with Gasteiger partial charge in [0.05, 0.1) is 12.2 Å². The molecule has 14 heteroatoms. The number of benzene rings is 1. The fraction of sp³-hybridized carbons (Fsp3) is 0.190. The van der Waals surface area contributed by atoms with Crippen molar-refractivity contribution in [2.24, 2.45) is 0 Å². The fourth-order valence-corrected chi connectivity index (χ4v) is 5.41. The van der Waals surface area contributed by atoms with E-state index in [0.29, 0.717) is 11.1 Å². The third kappa shape index (κ3) is 5.53. The maximum absolute atomic E-state index is 15.7. The molecule has 0 aliphatic carbocycles. The van der Waals surface area contributed by atoms with Crippen LogP contribution in [0.2, 0.25) is 5.28 Å². The van der Waals surface area contributed by atoms with Gasteiger partial charge in [0.25, 0.3) is 0 Å². The van der Waals surface area contributed by atoms with Crippen molar-refractivity contribution in [3.63, 3.8) is 0 Å². The van der Waals surface area contributed by atoms with Crippen LogP contribution in [0.25, 0.3) is 0 Å². The van der Waals surface area contributed by atoms with Crippen LogP contribution in [0.4, 0.5) is 13.2 Å². The van der Waals surface area contributed by atoms with Gasteiger partial charge in [-0.2, -0.15) is 4.98 Å². The first kappa shape index (κ1) is 26.0. The molecule has 3 aromatic heterocycles. The van der Waals surface area contributed by atoms with Gasteiger partial charge in [-0.25, -0.2) is 32.8 Å². The van der Waals surface area contributed by atoms with E-state index in [4.69, 9.17) is 11.6 Å². The van der Waals surface area contributed by atoms with E-state index in [-0.39, 0.29) is 37.6 Å². The van der Waals surface area contributed by atoms with Gasteiger partial charge in [0.15, 0.2) is 10.6 Å². The molecule has 0 amide bonds. The highest BCUT2D eigenvalue weighted by atomic mass is 79.9. The summed E-state index contributed by atoms with van der Waals surface area (Å²) in [5.41, 5.74) is -2.73. The monoisotopic (exact) mass is 648 g/mol. The van der Waals surface area contributed by atoms with Gasteiger partial charge < -0.3 is 5.11 Å². The normalized spacial score (nSPS) is 14.1. The van der Waals surface area contributed by atoms with E-state index in [0.717, 1.165) is 23.9 Å². The first-order chi connectivity index (χ1) is 16.6. The minimum atomic E-state index is -2.17. The molecule has 2 unspecified atom stereocenters. The van der Waals surface area contributed by atoms with Crippen molar-refractivity contribution in [1.82, 2.24) is 29.7 Å².